The maximum Gasteiger partial charge on any atom is 0.211 e. The number of benzene rings is 1. The number of aromatic hydroxyl groups is 1. The molecule has 0 aromatic heterocycles. The maximum absolute atomic E-state index is 10.6. The van der Waals surface area contributed by atoms with Crippen LogP contribution in [0.3, 0.4) is 0 Å². The Balaban J connectivity index is 2.60. The van der Waals surface area contributed by atoms with Crippen molar-refractivity contribution in [1.29, 1.82) is 0 Å². The molecule has 0 aliphatic heterocycles. The van der Waals surface area contributed by atoms with Crippen molar-refractivity contribution < 1.29 is 14.7 Å². The highest BCUT2D eigenvalue weighted by Gasteiger charge is 2.13. The lowest BCUT2D eigenvalue weighted by molar-refractivity contribution is -0.105. The molecule has 0 saturated carbocycles. The molecule has 0 spiro atoms. The Bertz CT molecular complexity index is 501. The second-order valence-corrected chi connectivity index (χ2v) is 5.56. The normalized spacial score (nSPS) is 11.3. The second-order valence-electron chi connectivity index (χ2n) is 5.56. The highest BCUT2D eigenvalue weighted by atomic mass is 16.6. The van der Waals surface area contributed by atoms with Crippen LogP contribution in [0.2, 0.25) is 0 Å². The average Bonchev–Trinajstić information content (AvgIpc) is 2.55. The van der Waals surface area contributed by atoms with Gasteiger partial charge in [-0.05, 0) is 25.0 Å². The van der Waals surface area contributed by atoms with Crippen LogP contribution in [-0.2, 0) is 9.63 Å². The fourth-order valence-corrected chi connectivity index (χ4v) is 2.55. The van der Waals surface area contributed by atoms with Gasteiger partial charge in [-0.25, -0.2) is 0 Å². The number of hydrogen-bond donors (Lipinski definition) is 2. The monoisotopic (exact) mass is 320 g/mol. The van der Waals surface area contributed by atoms with Crippen LogP contribution in [0, 0.1) is 0 Å². The second kappa shape index (κ2) is 11.5. The molecular weight excluding hydrogens is 292 g/mol. The average molecular weight is 320 g/mol. The topological polar surface area (TPSA) is 70.9 Å². The summed E-state index contributed by atoms with van der Waals surface area (Å²) in [5.41, 5.74) is 1.68. The predicted octanol–water partition coefficient (Wildman–Crippen LogP) is 4.45. The van der Waals surface area contributed by atoms with Gasteiger partial charge in [-0.1, -0.05) is 56.7 Å². The number of phenols is 1. The van der Waals surface area contributed by atoms with Crippen LogP contribution in [-0.4, -0.2) is 24.3 Å². The summed E-state index contributed by atoms with van der Waals surface area (Å²) in [6.45, 7) is 2.22. The van der Waals surface area contributed by atoms with Crippen LogP contribution in [0.1, 0.15) is 63.9 Å². The molecular formula is C18H28N2O3. The van der Waals surface area contributed by atoms with Gasteiger partial charge < -0.3 is 15.3 Å². The summed E-state index contributed by atoms with van der Waals surface area (Å²) in [4.78, 5) is 15.5. The van der Waals surface area contributed by atoms with Crippen molar-refractivity contribution in [2.24, 2.45) is 5.16 Å². The number of unbranched alkanes of at least 4 members (excludes halogenated alkanes) is 6. The zero-order valence-corrected chi connectivity index (χ0v) is 14.2. The molecule has 2 N–H and O–H groups in total. The molecule has 128 valence electrons. The Morgan fingerprint density at radius 3 is 2.57 bits per heavy atom. The van der Waals surface area contributed by atoms with Crippen LogP contribution in [0.5, 0.6) is 5.75 Å². The van der Waals surface area contributed by atoms with E-state index in [0.29, 0.717) is 23.4 Å². The first-order valence-corrected chi connectivity index (χ1v) is 8.37. The summed E-state index contributed by atoms with van der Waals surface area (Å²) in [6, 6.07) is 5.20. The molecule has 0 bridgehead atoms. The van der Waals surface area contributed by atoms with E-state index in [-0.39, 0.29) is 5.75 Å². The summed E-state index contributed by atoms with van der Waals surface area (Å²) in [5.74, 6) is 0.0262. The molecule has 5 nitrogen and oxygen atoms in total. The summed E-state index contributed by atoms with van der Waals surface area (Å²) in [7, 11) is 1.50. The summed E-state index contributed by atoms with van der Waals surface area (Å²) in [5, 5.41) is 16.8. The third kappa shape index (κ3) is 6.72. The van der Waals surface area contributed by atoms with Crippen molar-refractivity contribution in [2.75, 3.05) is 12.4 Å². The first kappa shape index (κ1) is 19.0. The Morgan fingerprint density at radius 2 is 1.91 bits per heavy atom. The molecule has 1 aromatic carbocycles. The van der Waals surface area contributed by atoms with Gasteiger partial charge in [0.15, 0.2) is 0 Å². The number of para-hydroxylation sites is 1. The zero-order valence-electron chi connectivity index (χ0n) is 14.2. The number of nitrogens with zero attached hydrogens (tertiary/aromatic N) is 1. The minimum Gasteiger partial charge on any atom is -0.505 e. The third-order valence-corrected chi connectivity index (χ3v) is 3.78. The molecule has 0 fully saturated rings. The van der Waals surface area contributed by atoms with Gasteiger partial charge in [-0.2, -0.15) is 0 Å². The number of carbonyl (C=O) groups excluding carboxylic acids is 1. The number of hydrogen-bond acceptors (Lipinski definition) is 4. The molecule has 0 heterocycles. The van der Waals surface area contributed by atoms with Gasteiger partial charge >= 0.3 is 0 Å². The van der Waals surface area contributed by atoms with Crippen molar-refractivity contribution in [3.05, 3.63) is 23.8 Å². The quantitative estimate of drug-likeness (QED) is 0.196. The number of nitrogens with one attached hydrogen (secondary N) is 1. The van der Waals surface area contributed by atoms with Crippen LogP contribution >= 0.6 is 0 Å². The fourth-order valence-electron chi connectivity index (χ4n) is 2.55. The zero-order chi connectivity index (χ0) is 16.9. The van der Waals surface area contributed by atoms with Crippen molar-refractivity contribution in [3.8, 4) is 5.75 Å². The van der Waals surface area contributed by atoms with Crippen molar-refractivity contribution in [1.82, 2.24) is 0 Å². The number of anilines is 1. The highest BCUT2D eigenvalue weighted by molar-refractivity contribution is 6.04. The minimum absolute atomic E-state index is 0.0262. The van der Waals surface area contributed by atoms with E-state index in [1.54, 1.807) is 18.2 Å². The van der Waals surface area contributed by atoms with Gasteiger partial charge in [-0.15, -0.1) is 0 Å². The highest BCUT2D eigenvalue weighted by Crippen LogP contribution is 2.29. The molecule has 23 heavy (non-hydrogen) atoms. The Labute approximate surface area is 138 Å². The van der Waals surface area contributed by atoms with Crippen molar-refractivity contribution >= 4 is 17.8 Å². The van der Waals surface area contributed by atoms with Gasteiger partial charge in [0.25, 0.3) is 0 Å². The lowest BCUT2D eigenvalue weighted by atomic mass is 10.0. The molecule has 1 aromatic rings. The summed E-state index contributed by atoms with van der Waals surface area (Å²) in [6.07, 6.45) is 9.78. The lowest BCUT2D eigenvalue weighted by Gasteiger charge is -2.11. The molecule has 1 amide bonds. The van der Waals surface area contributed by atoms with Crippen LogP contribution in [0.4, 0.5) is 5.69 Å². The summed E-state index contributed by atoms with van der Waals surface area (Å²) < 4.78 is 0. The number of phenolic OH excluding ortho intramolecular Hbond substituents is 1. The molecule has 0 unspecified atom stereocenters. The van der Waals surface area contributed by atoms with E-state index in [2.05, 4.69) is 17.4 Å². The Hall–Kier alpha value is -2.04. The van der Waals surface area contributed by atoms with Gasteiger partial charge in [0.2, 0.25) is 6.41 Å². The van der Waals surface area contributed by atoms with E-state index in [1.165, 1.54) is 39.2 Å². The van der Waals surface area contributed by atoms with E-state index >= 15 is 0 Å². The van der Waals surface area contributed by atoms with Crippen molar-refractivity contribution in [3.63, 3.8) is 0 Å². The Kier molecular flexibility index (Phi) is 9.52. The molecule has 5 heteroatoms. The third-order valence-electron chi connectivity index (χ3n) is 3.78. The van der Waals surface area contributed by atoms with E-state index in [0.717, 1.165) is 19.3 Å². The van der Waals surface area contributed by atoms with Crippen molar-refractivity contribution in [2.45, 2.75) is 58.3 Å². The smallest absolute Gasteiger partial charge is 0.211 e. The van der Waals surface area contributed by atoms with Gasteiger partial charge in [0, 0.05) is 5.56 Å². The van der Waals surface area contributed by atoms with Gasteiger partial charge in [0.05, 0.1) is 11.4 Å². The first-order valence-electron chi connectivity index (χ1n) is 8.37. The number of carbonyl (C=O) groups is 1. The molecule has 0 atom stereocenters. The lowest BCUT2D eigenvalue weighted by Crippen LogP contribution is -2.04. The molecule has 1 rings (SSSR count). The van der Waals surface area contributed by atoms with Crippen LogP contribution in [0.25, 0.3) is 0 Å². The molecule has 0 aliphatic rings. The largest absolute Gasteiger partial charge is 0.505 e. The first-order chi connectivity index (χ1) is 11.2. The number of amides is 1. The van der Waals surface area contributed by atoms with E-state index in [9.17, 15) is 9.90 Å². The van der Waals surface area contributed by atoms with E-state index in [1.807, 2.05) is 0 Å². The number of oxime groups is 1. The standard InChI is InChI=1S/C18H28N2O3/c1-3-4-5-6-7-8-9-12-16(20-23-2)15-11-10-13-17(18(15)22)19-14-21/h10-11,13-14,22H,3-9,12H2,1-2H3,(H,19,21)/b20-16-. The SMILES string of the molecule is CCCCCCCCC/C(=N/OC)c1cccc(NC=O)c1O. The fraction of sp³-hybridized carbons (Fsp3) is 0.556. The number of rotatable bonds is 12. The van der Waals surface area contributed by atoms with Gasteiger partial charge in [-0.3, -0.25) is 4.79 Å². The maximum atomic E-state index is 10.6. The predicted molar refractivity (Wildman–Crippen MR) is 93.9 cm³/mol. The van der Waals surface area contributed by atoms with Crippen LogP contribution < -0.4 is 5.32 Å². The Morgan fingerprint density at radius 1 is 1.22 bits per heavy atom. The van der Waals surface area contributed by atoms with E-state index < -0.39 is 0 Å². The van der Waals surface area contributed by atoms with E-state index in [4.69, 9.17) is 4.84 Å². The minimum atomic E-state index is 0.0262. The van der Waals surface area contributed by atoms with Crippen LogP contribution in [0.15, 0.2) is 23.4 Å². The molecule has 0 radical (unpaired) electrons. The summed E-state index contributed by atoms with van der Waals surface area (Å²) >= 11 is 0. The molecule has 0 saturated heterocycles. The van der Waals surface area contributed by atoms with Gasteiger partial charge in [0.1, 0.15) is 12.9 Å². The molecule has 0 aliphatic carbocycles.